The molecule has 7 nitrogen and oxygen atoms in total. The molecule has 2 amide bonds. The summed E-state index contributed by atoms with van der Waals surface area (Å²) in [5.41, 5.74) is -0.632. The summed E-state index contributed by atoms with van der Waals surface area (Å²) in [6, 6.07) is 13.2. The van der Waals surface area contributed by atoms with Crippen LogP contribution in [0.5, 0.6) is 0 Å². The number of hydrogen-bond donors (Lipinski definition) is 2. The van der Waals surface area contributed by atoms with E-state index < -0.39 is 51.5 Å². The molecule has 0 atom stereocenters. The molecule has 2 fully saturated rings. The molecule has 2 saturated carbocycles. The molecule has 2 aliphatic carbocycles. The van der Waals surface area contributed by atoms with Gasteiger partial charge in [-0.3, -0.25) is 9.59 Å². The molecule has 2 N–H and O–H groups in total. The van der Waals surface area contributed by atoms with Gasteiger partial charge in [-0.1, -0.05) is 30.2 Å². The topological polar surface area (TPSA) is 105 Å². The van der Waals surface area contributed by atoms with Crippen molar-refractivity contribution in [2.75, 3.05) is 6.26 Å². The van der Waals surface area contributed by atoms with Crippen molar-refractivity contribution in [2.24, 2.45) is 0 Å². The van der Waals surface area contributed by atoms with Crippen LogP contribution < -0.4 is 10.6 Å². The van der Waals surface area contributed by atoms with Crippen molar-refractivity contribution in [2.45, 2.75) is 60.4 Å². The van der Waals surface area contributed by atoms with E-state index in [1.54, 1.807) is 36.4 Å². The second-order valence-corrected chi connectivity index (χ2v) is 12.3. The van der Waals surface area contributed by atoms with Gasteiger partial charge in [0.1, 0.15) is 16.7 Å². The van der Waals surface area contributed by atoms with Crippen molar-refractivity contribution in [3.8, 4) is 23.5 Å². The SMILES string of the molecule is C#CC1(NC(=O)C2(NC(=O)c3cc4ccc(-c5cccc(S(C)(=O)=O)c5)cc4o3)CCC(F)(F)CC2)CC1. The van der Waals surface area contributed by atoms with Crippen LogP contribution >= 0.6 is 0 Å². The summed E-state index contributed by atoms with van der Waals surface area (Å²) in [5, 5.41) is 6.06. The minimum Gasteiger partial charge on any atom is -0.451 e. The van der Waals surface area contributed by atoms with Crippen LogP contribution in [0, 0.1) is 12.3 Å². The summed E-state index contributed by atoms with van der Waals surface area (Å²) >= 11 is 0. The summed E-state index contributed by atoms with van der Waals surface area (Å²) in [6.07, 6.45) is 6.29. The van der Waals surface area contributed by atoms with Gasteiger partial charge in [0.15, 0.2) is 15.6 Å². The lowest BCUT2D eigenvalue weighted by Crippen LogP contribution is -2.62. The van der Waals surface area contributed by atoms with Gasteiger partial charge < -0.3 is 15.1 Å². The quantitative estimate of drug-likeness (QED) is 0.449. The van der Waals surface area contributed by atoms with E-state index in [9.17, 15) is 26.8 Å². The van der Waals surface area contributed by atoms with Crippen LogP contribution in [0.4, 0.5) is 8.78 Å². The van der Waals surface area contributed by atoms with Crippen LogP contribution in [0.25, 0.3) is 22.1 Å². The zero-order valence-corrected chi connectivity index (χ0v) is 21.5. The summed E-state index contributed by atoms with van der Waals surface area (Å²) < 4.78 is 57.6. The first-order chi connectivity index (χ1) is 17.8. The molecule has 198 valence electrons. The summed E-state index contributed by atoms with van der Waals surface area (Å²) in [7, 11) is -3.39. The molecule has 0 bridgehead atoms. The van der Waals surface area contributed by atoms with Gasteiger partial charge in [-0.15, -0.1) is 6.42 Å². The fourth-order valence-corrected chi connectivity index (χ4v) is 5.39. The molecule has 0 radical (unpaired) electrons. The first kappa shape index (κ1) is 25.9. The molecule has 0 spiro atoms. The van der Waals surface area contributed by atoms with Gasteiger partial charge in [0.05, 0.1) is 4.90 Å². The fraction of sp³-hybridized carbons (Fsp3) is 0.357. The second-order valence-electron chi connectivity index (χ2n) is 10.2. The minimum atomic E-state index is -3.39. The van der Waals surface area contributed by atoms with Gasteiger partial charge >= 0.3 is 0 Å². The van der Waals surface area contributed by atoms with Gasteiger partial charge in [0, 0.05) is 24.5 Å². The average Bonchev–Trinajstić information content (AvgIpc) is 3.51. The van der Waals surface area contributed by atoms with E-state index in [2.05, 4.69) is 16.6 Å². The van der Waals surface area contributed by atoms with E-state index in [0.29, 0.717) is 34.9 Å². The molecule has 0 unspecified atom stereocenters. The fourth-order valence-electron chi connectivity index (χ4n) is 4.73. The zero-order valence-electron chi connectivity index (χ0n) is 20.6. The highest BCUT2D eigenvalue weighted by atomic mass is 32.2. The van der Waals surface area contributed by atoms with Crippen molar-refractivity contribution < 1.29 is 31.2 Å². The Morgan fingerprint density at radius 1 is 0.947 bits per heavy atom. The molecule has 3 aromatic rings. The zero-order chi connectivity index (χ0) is 27.3. The normalized spacial score (nSPS) is 19.3. The largest absolute Gasteiger partial charge is 0.451 e. The number of terminal acetylenes is 1. The molecule has 1 heterocycles. The number of carbonyl (C=O) groups is 2. The lowest BCUT2D eigenvalue weighted by Gasteiger charge is -2.39. The standard InChI is InChI=1S/C28H26F2N2O5S/c1-3-26(9-10-26)32-25(34)27(11-13-28(29,30)14-12-27)31-24(33)23-17-20-8-7-19(16-22(20)37-23)18-5-4-6-21(15-18)38(2,35)36/h1,4-8,15-17H,9-14H2,2H3,(H,31,33)(H,32,34). The summed E-state index contributed by atoms with van der Waals surface area (Å²) in [5.74, 6) is -1.72. The first-order valence-electron chi connectivity index (χ1n) is 12.2. The Balaban J connectivity index is 1.41. The van der Waals surface area contributed by atoms with Crippen LogP contribution in [0.1, 0.15) is 49.1 Å². The molecular weight excluding hydrogens is 514 g/mol. The van der Waals surface area contributed by atoms with Crippen molar-refractivity contribution >= 4 is 32.6 Å². The summed E-state index contributed by atoms with van der Waals surface area (Å²) in [6.45, 7) is 0. The number of amides is 2. The second kappa shape index (κ2) is 8.95. The third-order valence-electron chi connectivity index (χ3n) is 7.34. The van der Waals surface area contributed by atoms with E-state index in [1.807, 2.05) is 0 Å². The molecule has 1 aromatic heterocycles. The van der Waals surface area contributed by atoms with Crippen LogP contribution in [0.15, 0.2) is 57.8 Å². The number of rotatable bonds is 6. The predicted octanol–water partition coefficient (Wildman–Crippen LogP) is 4.46. The number of nitrogens with one attached hydrogen (secondary N) is 2. The van der Waals surface area contributed by atoms with Crippen molar-refractivity contribution in [3.05, 3.63) is 54.3 Å². The number of alkyl halides is 2. The minimum absolute atomic E-state index is 0.0790. The van der Waals surface area contributed by atoms with Crippen LogP contribution in [-0.2, 0) is 14.6 Å². The highest BCUT2D eigenvalue weighted by Gasteiger charge is 2.52. The van der Waals surface area contributed by atoms with Crippen LogP contribution in [-0.4, -0.2) is 43.5 Å². The van der Waals surface area contributed by atoms with Crippen LogP contribution in [0.3, 0.4) is 0 Å². The number of halogens is 2. The van der Waals surface area contributed by atoms with Gasteiger partial charge in [0.25, 0.3) is 5.91 Å². The smallest absolute Gasteiger partial charge is 0.287 e. The Kier molecular flexibility index (Phi) is 6.10. The third-order valence-corrected chi connectivity index (χ3v) is 8.45. The Hall–Kier alpha value is -3.71. The highest BCUT2D eigenvalue weighted by molar-refractivity contribution is 7.90. The predicted molar refractivity (Wildman–Crippen MR) is 137 cm³/mol. The van der Waals surface area contributed by atoms with Gasteiger partial charge in [-0.05, 0) is 61.1 Å². The van der Waals surface area contributed by atoms with Gasteiger partial charge in [-0.25, -0.2) is 17.2 Å². The number of fused-ring (bicyclic) bond motifs is 1. The Morgan fingerprint density at radius 2 is 1.63 bits per heavy atom. The number of carbonyl (C=O) groups excluding carboxylic acids is 2. The highest BCUT2D eigenvalue weighted by Crippen LogP contribution is 2.41. The maximum atomic E-state index is 14.0. The van der Waals surface area contributed by atoms with Crippen molar-refractivity contribution in [3.63, 3.8) is 0 Å². The monoisotopic (exact) mass is 540 g/mol. The van der Waals surface area contributed by atoms with E-state index in [0.717, 1.165) is 6.26 Å². The van der Waals surface area contributed by atoms with Crippen LogP contribution in [0.2, 0.25) is 0 Å². The molecular formula is C28H26F2N2O5S. The maximum absolute atomic E-state index is 14.0. The number of hydrogen-bond acceptors (Lipinski definition) is 5. The number of benzene rings is 2. The maximum Gasteiger partial charge on any atom is 0.287 e. The van der Waals surface area contributed by atoms with Crippen molar-refractivity contribution in [1.29, 1.82) is 0 Å². The first-order valence-corrected chi connectivity index (χ1v) is 14.1. The Bertz CT molecular complexity index is 1590. The third kappa shape index (κ3) is 5.03. The molecule has 5 rings (SSSR count). The molecule has 2 aliphatic rings. The Labute approximate surface area is 218 Å². The Morgan fingerprint density at radius 3 is 2.26 bits per heavy atom. The molecule has 38 heavy (non-hydrogen) atoms. The summed E-state index contributed by atoms with van der Waals surface area (Å²) in [4.78, 5) is 26.7. The van der Waals surface area contributed by atoms with E-state index in [1.165, 1.54) is 12.1 Å². The van der Waals surface area contributed by atoms with E-state index in [-0.39, 0.29) is 23.5 Å². The lowest BCUT2D eigenvalue weighted by atomic mass is 9.78. The lowest BCUT2D eigenvalue weighted by molar-refractivity contribution is -0.133. The molecule has 2 aromatic carbocycles. The number of furan rings is 1. The van der Waals surface area contributed by atoms with Gasteiger partial charge in [-0.2, -0.15) is 0 Å². The van der Waals surface area contributed by atoms with E-state index >= 15 is 0 Å². The molecule has 0 saturated heterocycles. The van der Waals surface area contributed by atoms with E-state index in [4.69, 9.17) is 10.8 Å². The molecule has 10 heteroatoms. The molecule has 0 aliphatic heterocycles. The average molecular weight is 541 g/mol. The van der Waals surface area contributed by atoms with Gasteiger partial charge in [0.2, 0.25) is 11.8 Å². The number of sulfone groups is 1. The van der Waals surface area contributed by atoms with Crippen molar-refractivity contribution in [1.82, 2.24) is 10.6 Å².